The Morgan fingerprint density at radius 1 is 0.720 bits per heavy atom. The van der Waals surface area contributed by atoms with E-state index in [1.807, 2.05) is 18.2 Å². The zero-order chi connectivity index (χ0) is 17.3. The molecule has 2 N–H and O–H groups in total. The molecule has 0 amide bonds. The molecule has 0 aliphatic rings. The lowest BCUT2D eigenvalue weighted by Crippen LogP contribution is -2.30. The second-order valence-corrected chi connectivity index (χ2v) is 6.34. The Kier molecular flexibility index (Phi) is 6.18. The van der Waals surface area contributed by atoms with Crippen molar-refractivity contribution in [3.05, 3.63) is 102 Å². The van der Waals surface area contributed by atoms with Crippen molar-refractivity contribution in [2.24, 2.45) is 0 Å². The van der Waals surface area contributed by atoms with Crippen molar-refractivity contribution in [3.8, 4) is 0 Å². The molecule has 0 aliphatic heterocycles. The minimum Gasteiger partial charge on any atom is -0.362 e. The van der Waals surface area contributed by atoms with Gasteiger partial charge in [0.2, 0.25) is 0 Å². The lowest BCUT2D eigenvalue weighted by atomic mass is 10.0. The topological polar surface area (TPSA) is 24.1 Å². The molecule has 0 saturated heterocycles. The summed E-state index contributed by atoms with van der Waals surface area (Å²) < 4.78 is 0. The molecule has 0 aromatic heterocycles. The van der Waals surface area contributed by atoms with Crippen LogP contribution in [0, 0.1) is 0 Å². The Balaban J connectivity index is 1.56. The third-order valence-electron chi connectivity index (χ3n) is 4.05. The van der Waals surface area contributed by atoms with Crippen molar-refractivity contribution in [1.82, 2.24) is 5.32 Å². The number of para-hydroxylation sites is 1. The van der Waals surface area contributed by atoms with E-state index in [9.17, 15) is 0 Å². The highest BCUT2D eigenvalue weighted by atomic mass is 32.1. The molecule has 0 spiro atoms. The number of rotatable bonds is 6. The van der Waals surface area contributed by atoms with E-state index in [-0.39, 0.29) is 0 Å². The molecule has 3 rings (SSSR count). The molecule has 3 heteroatoms. The van der Waals surface area contributed by atoms with E-state index in [1.54, 1.807) is 0 Å². The van der Waals surface area contributed by atoms with Crippen LogP contribution in [0.15, 0.2) is 84.9 Å². The first kappa shape index (κ1) is 17.2. The van der Waals surface area contributed by atoms with Crippen LogP contribution in [0.2, 0.25) is 0 Å². The van der Waals surface area contributed by atoms with E-state index >= 15 is 0 Å². The van der Waals surface area contributed by atoms with Crippen molar-refractivity contribution in [3.63, 3.8) is 0 Å². The van der Waals surface area contributed by atoms with Crippen molar-refractivity contribution in [2.75, 3.05) is 11.9 Å². The molecule has 0 aliphatic carbocycles. The number of hydrogen-bond acceptors (Lipinski definition) is 1. The van der Waals surface area contributed by atoms with Crippen LogP contribution in [0.4, 0.5) is 5.69 Å². The summed E-state index contributed by atoms with van der Waals surface area (Å²) in [6, 6.07) is 29.2. The van der Waals surface area contributed by atoms with Gasteiger partial charge < -0.3 is 10.6 Å². The molecule has 126 valence electrons. The molecule has 0 radical (unpaired) electrons. The Labute approximate surface area is 154 Å². The van der Waals surface area contributed by atoms with Gasteiger partial charge in [0.05, 0.1) is 0 Å². The average Bonchev–Trinajstić information content (AvgIpc) is 2.65. The van der Waals surface area contributed by atoms with Crippen molar-refractivity contribution in [2.45, 2.75) is 12.8 Å². The molecule has 0 atom stereocenters. The molecule has 0 fully saturated rings. The fraction of sp³-hybridized carbons (Fsp3) is 0.136. The molecular formula is C22H22N2S. The molecule has 0 unspecified atom stereocenters. The predicted molar refractivity (Wildman–Crippen MR) is 110 cm³/mol. The van der Waals surface area contributed by atoms with E-state index in [1.165, 1.54) is 16.7 Å². The largest absolute Gasteiger partial charge is 0.362 e. The van der Waals surface area contributed by atoms with Crippen LogP contribution in [-0.4, -0.2) is 11.7 Å². The van der Waals surface area contributed by atoms with Crippen LogP contribution >= 0.6 is 12.2 Å². The zero-order valence-electron chi connectivity index (χ0n) is 14.1. The summed E-state index contributed by atoms with van der Waals surface area (Å²) in [4.78, 5) is 0. The molecule has 0 bridgehead atoms. The summed E-state index contributed by atoms with van der Waals surface area (Å²) in [5.74, 6) is 0. The highest BCUT2D eigenvalue weighted by Crippen LogP contribution is 2.19. The molecule has 0 saturated carbocycles. The van der Waals surface area contributed by atoms with Crippen LogP contribution in [-0.2, 0) is 12.8 Å². The van der Waals surface area contributed by atoms with Gasteiger partial charge in [-0.15, -0.1) is 0 Å². The summed E-state index contributed by atoms with van der Waals surface area (Å²) in [6.07, 6.45) is 1.84. The molecule has 2 nitrogen and oxygen atoms in total. The first-order valence-electron chi connectivity index (χ1n) is 8.52. The van der Waals surface area contributed by atoms with Gasteiger partial charge in [-0.2, -0.15) is 0 Å². The summed E-state index contributed by atoms with van der Waals surface area (Å²) in [6.45, 7) is 0.816. The maximum Gasteiger partial charge on any atom is 0.170 e. The van der Waals surface area contributed by atoms with Crippen LogP contribution in [0.3, 0.4) is 0 Å². The first-order chi connectivity index (χ1) is 12.3. The Bertz CT molecular complexity index is 801. The van der Waals surface area contributed by atoms with Gasteiger partial charge in [0.15, 0.2) is 5.11 Å². The van der Waals surface area contributed by atoms with Gasteiger partial charge in [0.25, 0.3) is 0 Å². The average molecular weight is 346 g/mol. The first-order valence-corrected chi connectivity index (χ1v) is 8.93. The fourth-order valence-electron chi connectivity index (χ4n) is 2.74. The molecular weight excluding hydrogens is 324 g/mol. The zero-order valence-corrected chi connectivity index (χ0v) is 14.9. The molecule has 25 heavy (non-hydrogen) atoms. The monoisotopic (exact) mass is 346 g/mol. The predicted octanol–water partition coefficient (Wildman–Crippen LogP) is 4.81. The SMILES string of the molecule is S=C(NCCc1ccccc1)Nc1ccccc1Cc1ccccc1. The smallest absolute Gasteiger partial charge is 0.170 e. The van der Waals surface area contributed by atoms with Gasteiger partial charge in [-0.05, 0) is 47.8 Å². The summed E-state index contributed by atoms with van der Waals surface area (Å²) in [5.41, 5.74) is 4.89. The van der Waals surface area contributed by atoms with Crippen molar-refractivity contribution in [1.29, 1.82) is 0 Å². The third kappa shape index (κ3) is 5.44. The minimum absolute atomic E-state index is 0.663. The number of hydrogen-bond donors (Lipinski definition) is 2. The van der Waals surface area contributed by atoms with Crippen molar-refractivity contribution >= 4 is 23.0 Å². The Hall–Kier alpha value is -2.65. The van der Waals surface area contributed by atoms with Gasteiger partial charge in [0, 0.05) is 12.2 Å². The van der Waals surface area contributed by atoms with Crippen LogP contribution in [0.25, 0.3) is 0 Å². The number of benzene rings is 3. The van der Waals surface area contributed by atoms with E-state index < -0.39 is 0 Å². The second-order valence-electron chi connectivity index (χ2n) is 5.94. The van der Waals surface area contributed by atoms with E-state index in [0.717, 1.165) is 25.1 Å². The van der Waals surface area contributed by atoms with Gasteiger partial charge in [-0.1, -0.05) is 78.9 Å². The Morgan fingerprint density at radius 2 is 1.32 bits per heavy atom. The highest BCUT2D eigenvalue weighted by molar-refractivity contribution is 7.80. The van der Waals surface area contributed by atoms with Gasteiger partial charge in [0.1, 0.15) is 0 Å². The lowest BCUT2D eigenvalue weighted by molar-refractivity contribution is 0.873. The molecule has 3 aromatic carbocycles. The van der Waals surface area contributed by atoms with Crippen molar-refractivity contribution < 1.29 is 0 Å². The maximum absolute atomic E-state index is 5.45. The quantitative estimate of drug-likeness (QED) is 0.627. The highest BCUT2D eigenvalue weighted by Gasteiger charge is 2.05. The summed E-state index contributed by atoms with van der Waals surface area (Å²) >= 11 is 5.45. The number of thiocarbonyl (C=S) groups is 1. The van der Waals surface area contributed by atoms with Crippen LogP contribution < -0.4 is 10.6 Å². The Morgan fingerprint density at radius 3 is 2.04 bits per heavy atom. The van der Waals surface area contributed by atoms with Crippen LogP contribution in [0.5, 0.6) is 0 Å². The summed E-state index contributed by atoms with van der Waals surface area (Å²) in [5, 5.41) is 7.29. The number of nitrogens with one attached hydrogen (secondary N) is 2. The summed E-state index contributed by atoms with van der Waals surface area (Å²) in [7, 11) is 0. The molecule has 3 aromatic rings. The molecule has 0 heterocycles. The normalized spacial score (nSPS) is 10.2. The van der Waals surface area contributed by atoms with E-state index in [0.29, 0.717) is 5.11 Å². The minimum atomic E-state index is 0.663. The van der Waals surface area contributed by atoms with Crippen LogP contribution in [0.1, 0.15) is 16.7 Å². The lowest BCUT2D eigenvalue weighted by Gasteiger charge is -2.14. The van der Waals surface area contributed by atoms with Gasteiger partial charge in [-0.25, -0.2) is 0 Å². The fourth-order valence-corrected chi connectivity index (χ4v) is 2.96. The standard InChI is InChI=1S/C22H22N2S/c25-22(23-16-15-18-9-3-1-4-10-18)24-21-14-8-7-13-20(21)17-19-11-5-2-6-12-19/h1-14H,15-17H2,(H2,23,24,25). The number of anilines is 1. The second kappa shape index (κ2) is 9.00. The van der Waals surface area contributed by atoms with Gasteiger partial charge in [-0.3, -0.25) is 0 Å². The van der Waals surface area contributed by atoms with Gasteiger partial charge >= 0.3 is 0 Å². The third-order valence-corrected chi connectivity index (χ3v) is 4.29. The van der Waals surface area contributed by atoms with E-state index in [4.69, 9.17) is 12.2 Å². The van der Waals surface area contributed by atoms with E-state index in [2.05, 4.69) is 77.4 Å². The maximum atomic E-state index is 5.45.